The molecule has 3 N–H and O–H groups in total. The summed E-state index contributed by atoms with van der Waals surface area (Å²) in [7, 11) is -10.0. The number of aliphatic hydroxyl groups is 1. The first-order valence-electron chi connectivity index (χ1n) is 40.7. The molecule has 0 saturated heterocycles. The van der Waals surface area contributed by atoms with Crippen molar-refractivity contribution in [3.8, 4) is 0 Å². The number of aliphatic hydroxyl groups excluding tert-OH is 1. The quantitative estimate of drug-likeness (QED) is 0.0169. The molecular formula is C89H142O17P2. The Morgan fingerprint density at radius 1 is 0.259 bits per heavy atom. The van der Waals surface area contributed by atoms with Crippen molar-refractivity contribution in [2.75, 3.05) is 39.6 Å². The van der Waals surface area contributed by atoms with E-state index >= 15 is 0 Å². The summed E-state index contributed by atoms with van der Waals surface area (Å²) in [4.78, 5) is 73.1. The van der Waals surface area contributed by atoms with Crippen molar-refractivity contribution >= 4 is 39.5 Å². The van der Waals surface area contributed by atoms with Gasteiger partial charge in [0.25, 0.3) is 0 Å². The summed E-state index contributed by atoms with van der Waals surface area (Å²) in [6, 6.07) is 0. The molecule has 610 valence electrons. The van der Waals surface area contributed by atoms with Crippen molar-refractivity contribution in [2.45, 2.75) is 303 Å². The highest BCUT2D eigenvalue weighted by Gasteiger charge is 2.30. The average molecular weight is 1550 g/mol. The zero-order valence-electron chi connectivity index (χ0n) is 66.7. The van der Waals surface area contributed by atoms with E-state index in [-0.39, 0.29) is 25.7 Å². The van der Waals surface area contributed by atoms with Crippen LogP contribution in [0.5, 0.6) is 0 Å². The number of unbranched alkanes of at least 4 members (excludes halogenated alkanes) is 16. The number of esters is 4. The molecule has 0 aliphatic rings. The summed E-state index contributed by atoms with van der Waals surface area (Å²) in [5.41, 5.74) is 0. The molecule has 17 nitrogen and oxygen atoms in total. The number of carbonyl (C=O) groups is 4. The maximum Gasteiger partial charge on any atom is 0.472 e. The maximum atomic E-state index is 13.1. The summed E-state index contributed by atoms with van der Waals surface area (Å²) < 4.78 is 68.6. The molecule has 5 atom stereocenters. The molecule has 0 heterocycles. The number of phosphoric acid groups is 2. The van der Waals surface area contributed by atoms with Crippen molar-refractivity contribution < 1.29 is 80.2 Å². The highest BCUT2D eigenvalue weighted by atomic mass is 31.2. The zero-order chi connectivity index (χ0) is 78.9. The SMILES string of the molecule is CC/C=C\C/C=C\C/C=C\C/C=C\C/C=C\CCCC(=O)OCC(COP(=O)(O)OCC(O)COP(=O)(O)OCC(COC(=O)CCCCCCCC/C=C\C/C=C\C/C=C\C/C=C\CC)OC(=O)CCCCCCCCC/C=C\C/C=C\C/C=C\CC)OC(=O)CCCC/C=C\C/C=C\C/C=C\C/C=C\CC. The van der Waals surface area contributed by atoms with Crippen LogP contribution in [0.4, 0.5) is 0 Å². The zero-order valence-corrected chi connectivity index (χ0v) is 68.5. The molecule has 19 heteroatoms. The van der Waals surface area contributed by atoms with Crippen molar-refractivity contribution in [3.63, 3.8) is 0 Å². The van der Waals surface area contributed by atoms with Crippen LogP contribution in [-0.2, 0) is 65.4 Å². The van der Waals surface area contributed by atoms with E-state index < -0.39 is 97.5 Å². The molecule has 108 heavy (non-hydrogen) atoms. The number of carbonyl (C=O) groups excluding carboxylic acids is 4. The van der Waals surface area contributed by atoms with Gasteiger partial charge in [-0.1, -0.05) is 280 Å². The van der Waals surface area contributed by atoms with E-state index in [4.69, 9.17) is 37.0 Å². The number of rotatable bonds is 74. The van der Waals surface area contributed by atoms with Gasteiger partial charge >= 0.3 is 39.5 Å². The molecule has 0 amide bonds. The van der Waals surface area contributed by atoms with Gasteiger partial charge in [-0.25, -0.2) is 9.13 Å². The number of hydrogen-bond donors (Lipinski definition) is 3. The summed E-state index contributed by atoms with van der Waals surface area (Å²) in [5, 5.41) is 10.7. The van der Waals surface area contributed by atoms with Gasteiger partial charge in [-0.3, -0.25) is 37.3 Å². The van der Waals surface area contributed by atoms with Crippen LogP contribution in [0, 0.1) is 0 Å². The first-order valence-corrected chi connectivity index (χ1v) is 43.7. The third-order valence-corrected chi connectivity index (χ3v) is 17.9. The fraction of sp³-hybridized carbons (Fsp3) is 0.596. The van der Waals surface area contributed by atoms with Crippen molar-refractivity contribution in [1.82, 2.24) is 0 Å². The Morgan fingerprint density at radius 2 is 0.463 bits per heavy atom. The Bertz CT molecular complexity index is 2810. The van der Waals surface area contributed by atoms with Gasteiger partial charge in [0.2, 0.25) is 0 Å². The average Bonchev–Trinajstić information content (AvgIpc) is 0.906. The standard InChI is InChI=1S/C89H142O17P2/c1-5-9-13-17-21-25-29-33-37-40-41-44-47-50-54-58-62-66-70-74-87(92)100-80-85(106-89(94)76-72-68-64-60-56-52-48-43-39-35-31-27-23-19-15-11-7-3)82-104-108(97,98)102-78-83(90)77-101-107(95,96)103-81-84(105-88(93)75-71-67-63-59-55-51-45-36-32-28-24-20-16-12-8-4)79-99-86(91)73-69-65-61-57-53-49-46-42-38-34-30-26-22-18-14-10-6-2/h9-16,21-28,33-39,41,44-46,49,55,57,59,61,83-85,90H,5-8,17-20,29-32,40,42-43,47-48,50-54,56,58,60,62-82H2,1-4H3,(H,95,96)(H,97,98)/b13-9-,14-10-,15-11-,16-12-,25-21-,26-22-,27-23-,28-24-,37-33-,38-34-,39-35-,44-41-,45-36-,49-46-,59-55-,61-57-. The highest BCUT2D eigenvalue weighted by Crippen LogP contribution is 2.45. The fourth-order valence-electron chi connectivity index (χ4n) is 10.0. The molecule has 0 aliphatic heterocycles. The van der Waals surface area contributed by atoms with Gasteiger partial charge in [0, 0.05) is 25.7 Å². The van der Waals surface area contributed by atoms with Crippen LogP contribution in [0.15, 0.2) is 194 Å². The molecule has 0 bridgehead atoms. The van der Waals surface area contributed by atoms with E-state index in [0.29, 0.717) is 38.5 Å². The van der Waals surface area contributed by atoms with E-state index in [1.54, 1.807) is 0 Å². The molecule has 0 fully saturated rings. The Kier molecular flexibility index (Phi) is 74.5. The number of ether oxygens (including phenoxy) is 4. The van der Waals surface area contributed by atoms with Gasteiger partial charge in [-0.15, -0.1) is 0 Å². The van der Waals surface area contributed by atoms with Gasteiger partial charge < -0.3 is 33.8 Å². The van der Waals surface area contributed by atoms with E-state index in [9.17, 15) is 43.2 Å². The second-order valence-electron chi connectivity index (χ2n) is 26.2. The lowest BCUT2D eigenvalue weighted by Gasteiger charge is -2.21. The van der Waals surface area contributed by atoms with Gasteiger partial charge in [0.05, 0.1) is 26.4 Å². The van der Waals surface area contributed by atoms with Gasteiger partial charge in [-0.2, -0.15) is 0 Å². The first-order chi connectivity index (χ1) is 52.7. The second-order valence-corrected chi connectivity index (χ2v) is 29.1. The topological polar surface area (TPSA) is 237 Å². The predicted octanol–water partition coefficient (Wildman–Crippen LogP) is 24.1. The number of hydrogen-bond acceptors (Lipinski definition) is 15. The summed E-state index contributed by atoms with van der Waals surface area (Å²) in [6.07, 6.45) is 97.0. The van der Waals surface area contributed by atoms with Crippen LogP contribution in [0.3, 0.4) is 0 Å². The maximum absolute atomic E-state index is 13.1. The summed E-state index contributed by atoms with van der Waals surface area (Å²) >= 11 is 0. The molecule has 0 aromatic heterocycles. The first kappa shape index (κ1) is 102. The normalized spacial score (nSPS) is 14.8. The van der Waals surface area contributed by atoms with Gasteiger partial charge in [0.1, 0.15) is 19.3 Å². The fourth-order valence-corrected chi connectivity index (χ4v) is 11.6. The smallest absolute Gasteiger partial charge is 0.462 e. The highest BCUT2D eigenvalue weighted by molar-refractivity contribution is 7.47. The van der Waals surface area contributed by atoms with Crippen LogP contribution in [0.25, 0.3) is 0 Å². The number of allylic oxidation sites excluding steroid dienone is 32. The van der Waals surface area contributed by atoms with Crippen LogP contribution in [-0.4, -0.2) is 96.7 Å². The van der Waals surface area contributed by atoms with Crippen molar-refractivity contribution in [1.29, 1.82) is 0 Å². The van der Waals surface area contributed by atoms with Gasteiger partial charge in [0.15, 0.2) is 12.2 Å². The molecule has 0 rings (SSSR count). The van der Waals surface area contributed by atoms with Crippen molar-refractivity contribution in [2.24, 2.45) is 0 Å². The van der Waals surface area contributed by atoms with Gasteiger partial charge in [-0.05, 0) is 173 Å². The summed E-state index contributed by atoms with van der Waals surface area (Å²) in [5.74, 6) is -2.33. The predicted molar refractivity (Wildman–Crippen MR) is 445 cm³/mol. The molecule has 5 unspecified atom stereocenters. The van der Waals surface area contributed by atoms with Crippen molar-refractivity contribution in [3.05, 3.63) is 194 Å². The van der Waals surface area contributed by atoms with E-state index in [2.05, 4.69) is 210 Å². The minimum Gasteiger partial charge on any atom is -0.462 e. The molecule has 0 aromatic rings. The van der Waals surface area contributed by atoms with E-state index in [0.717, 1.165) is 193 Å². The lowest BCUT2D eigenvalue weighted by molar-refractivity contribution is -0.161. The lowest BCUT2D eigenvalue weighted by atomic mass is 10.1. The van der Waals surface area contributed by atoms with Crippen LogP contribution in [0.1, 0.15) is 285 Å². The molecule has 0 spiro atoms. The number of phosphoric ester groups is 2. The Hall–Kier alpha value is -6.10. The second kappa shape index (κ2) is 79.0. The lowest BCUT2D eigenvalue weighted by Crippen LogP contribution is -2.30. The third-order valence-electron chi connectivity index (χ3n) is 16.0. The molecule has 0 saturated carbocycles. The Morgan fingerprint density at radius 3 is 0.750 bits per heavy atom. The third kappa shape index (κ3) is 78.0. The largest absolute Gasteiger partial charge is 0.472 e. The Labute approximate surface area is 653 Å². The summed E-state index contributed by atoms with van der Waals surface area (Å²) in [6.45, 7) is 4.26. The molecule has 0 radical (unpaired) electrons. The molecule has 0 aliphatic carbocycles. The minimum atomic E-state index is -5.01. The molecule has 0 aromatic carbocycles. The Balaban J connectivity index is 5.49. The van der Waals surface area contributed by atoms with Crippen LogP contribution in [0.2, 0.25) is 0 Å². The monoisotopic (exact) mass is 1540 g/mol. The van der Waals surface area contributed by atoms with E-state index in [1.807, 2.05) is 12.2 Å². The van der Waals surface area contributed by atoms with Crippen LogP contribution < -0.4 is 0 Å². The molecular weight excluding hydrogens is 1400 g/mol. The minimum absolute atomic E-state index is 0.0226. The van der Waals surface area contributed by atoms with E-state index in [1.165, 1.54) is 0 Å². The van der Waals surface area contributed by atoms with Crippen LogP contribution >= 0.6 is 15.6 Å².